The predicted octanol–water partition coefficient (Wildman–Crippen LogP) is 1.63. The van der Waals surface area contributed by atoms with Crippen LogP contribution in [0.15, 0.2) is 18.2 Å². The third-order valence-electron chi connectivity index (χ3n) is 2.87. The van der Waals surface area contributed by atoms with Gasteiger partial charge in [0.25, 0.3) is 0 Å². The van der Waals surface area contributed by atoms with Crippen molar-refractivity contribution in [3.8, 4) is 17.0 Å². The lowest BCUT2D eigenvalue weighted by molar-refractivity contribution is 0.0680. The van der Waals surface area contributed by atoms with Gasteiger partial charge in [0.15, 0.2) is 17.3 Å². The maximum Gasteiger partial charge on any atom is 0.356 e. The summed E-state index contributed by atoms with van der Waals surface area (Å²) in [6, 6.07) is 3.50. The first-order valence-electron chi connectivity index (χ1n) is 5.73. The molecule has 21 heavy (non-hydrogen) atoms. The zero-order valence-corrected chi connectivity index (χ0v) is 11.1. The Hall–Kier alpha value is -2.90. The van der Waals surface area contributed by atoms with Gasteiger partial charge in [-0.1, -0.05) is 0 Å². The Bertz CT molecular complexity index is 738. The van der Waals surface area contributed by atoms with E-state index < -0.39 is 17.8 Å². The number of carbonyl (C=O) groups is 2. The lowest BCUT2D eigenvalue weighted by Crippen LogP contribution is -2.04. The molecular formula is C13H11FN2O5. The molecule has 1 aromatic carbocycles. The molecule has 0 radical (unpaired) electrons. The van der Waals surface area contributed by atoms with Crippen LogP contribution in [0.4, 0.5) is 4.39 Å². The minimum Gasteiger partial charge on any atom is -0.493 e. The molecule has 2 aromatic rings. The summed E-state index contributed by atoms with van der Waals surface area (Å²) in [5, 5.41) is 21.7. The quantitative estimate of drug-likeness (QED) is 0.888. The number of carboxylic acid groups (broad SMARTS) is 2. The van der Waals surface area contributed by atoms with Crippen molar-refractivity contribution in [2.75, 3.05) is 7.11 Å². The van der Waals surface area contributed by atoms with Crippen molar-refractivity contribution < 1.29 is 28.9 Å². The normalized spacial score (nSPS) is 10.4. The molecule has 1 aromatic heterocycles. The molecule has 0 unspecified atom stereocenters. The van der Waals surface area contributed by atoms with Gasteiger partial charge in [0.1, 0.15) is 5.56 Å². The number of hydrogen-bond donors (Lipinski definition) is 2. The van der Waals surface area contributed by atoms with E-state index in [1.165, 1.54) is 23.9 Å². The fourth-order valence-corrected chi connectivity index (χ4v) is 1.95. The predicted molar refractivity (Wildman–Crippen MR) is 69.1 cm³/mol. The Morgan fingerprint density at radius 2 is 1.90 bits per heavy atom. The van der Waals surface area contributed by atoms with E-state index in [9.17, 15) is 14.0 Å². The van der Waals surface area contributed by atoms with E-state index in [1.54, 1.807) is 0 Å². The van der Waals surface area contributed by atoms with Gasteiger partial charge >= 0.3 is 11.9 Å². The molecule has 7 nitrogen and oxygen atoms in total. The third kappa shape index (κ3) is 2.55. The average molecular weight is 294 g/mol. The molecule has 0 fully saturated rings. The van der Waals surface area contributed by atoms with E-state index >= 15 is 0 Å². The van der Waals surface area contributed by atoms with Gasteiger partial charge < -0.3 is 14.9 Å². The van der Waals surface area contributed by atoms with Gasteiger partial charge in [0, 0.05) is 12.6 Å². The zero-order chi connectivity index (χ0) is 15.7. The molecule has 0 aliphatic rings. The second-order valence-corrected chi connectivity index (χ2v) is 4.19. The van der Waals surface area contributed by atoms with Crippen molar-refractivity contribution in [3.05, 3.63) is 35.3 Å². The van der Waals surface area contributed by atoms with Gasteiger partial charge in [-0.2, -0.15) is 5.10 Å². The fourth-order valence-electron chi connectivity index (χ4n) is 1.95. The summed E-state index contributed by atoms with van der Waals surface area (Å²) in [4.78, 5) is 22.0. The number of nitrogens with zero attached hydrogens (tertiary/aromatic N) is 2. The van der Waals surface area contributed by atoms with Gasteiger partial charge in [-0.05, 0) is 18.2 Å². The Morgan fingerprint density at radius 1 is 1.24 bits per heavy atom. The highest BCUT2D eigenvalue weighted by atomic mass is 19.1. The number of aromatic carboxylic acids is 2. The van der Waals surface area contributed by atoms with Crippen LogP contribution in [0.5, 0.6) is 5.75 Å². The molecule has 8 heteroatoms. The van der Waals surface area contributed by atoms with Crippen molar-refractivity contribution >= 4 is 11.9 Å². The molecule has 110 valence electrons. The number of carboxylic acids is 2. The first-order valence-corrected chi connectivity index (χ1v) is 5.73. The Labute approximate surface area is 118 Å². The summed E-state index contributed by atoms with van der Waals surface area (Å²) in [5.41, 5.74) is -0.115. The average Bonchev–Trinajstić information content (AvgIpc) is 2.80. The monoisotopic (exact) mass is 294 g/mol. The smallest absolute Gasteiger partial charge is 0.356 e. The first-order chi connectivity index (χ1) is 9.85. The zero-order valence-electron chi connectivity index (χ0n) is 11.1. The topological polar surface area (TPSA) is 102 Å². The number of methoxy groups -OCH3 is 1. The first kappa shape index (κ1) is 14.5. The number of benzene rings is 1. The lowest BCUT2D eigenvalue weighted by atomic mass is 10.1. The Kier molecular flexibility index (Phi) is 3.62. The Morgan fingerprint density at radius 3 is 2.38 bits per heavy atom. The molecule has 0 amide bonds. The van der Waals surface area contributed by atoms with Crippen molar-refractivity contribution in [2.45, 2.75) is 0 Å². The summed E-state index contributed by atoms with van der Waals surface area (Å²) in [7, 11) is 2.64. The van der Waals surface area contributed by atoms with E-state index in [0.29, 0.717) is 0 Å². The lowest BCUT2D eigenvalue weighted by Gasteiger charge is -2.09. The number of halogens is 1. The summed E-state index contributed by atoms with van der Waals surface area (Å²) in [6.45, 7) is 0. The van der Waals surface area contributed by atoms with E-state index in [4.69, 9.17) is 14.9 Å². The van der Waals surface area contributed by atoms with Crippen LogP contribution in [0.2, 0.25) is 0 Å². The van der Waals surface area contributed by atoms with E-state index in [2.05, 4.69) is 5.10 Å². The van der Waals surface area contributed by atoms with Crippen molar-refractivity contribution in [1.29, 1.82) is 0 Å². The van der Waals surface area contributed by atoms with Crippen molar-refractivity contribution in [3.63, 3.8) is 0 Å². The van der Waals surface area contributed by atoms with Crippen LogP contribution in [-0.2, 0) is 7.05 Å². The molecule has 0 bridgehead atoms. The second-order valence-electron chi connectivity index (χ2n) is 4.19. The highest BCUT2D eigenvalue weighted by Crippen LogP contribution is 2.30. The minimum atomic E-state index is -1.35. The van der Waals surface area contributed by atoms with Crippen LogP contribution >= 0.6 is 0 Å². The molecule has 0 saturated heterocycles. The standard InChI is InChI=1S/C13H11FN2O5/c1-16-10(5-9(15-16)13(19)20)6-3-7(12(17)18)11(21-2)8(14)4-6/h3-5H,1-2H3,(H,17,18)(H,19,20). The van der Waals surface area contributed by atoms with Crippen LogP contribution < -0.4 is 4.74 Å². The van der Waals surface area contributed by atoms with Crippen LogP contribution in [0.25, 0.3) is 11.3 Å². The number of aromatic nitrogens is 2. The van der Waals surface area contributed by atoms with Crippen LogP contribution in [0.1, 0.15) is 20.8 Å². The van der Waals surface area contributed by atoms with Crippen LogP contribution in [0.3, 0.4) is 0 Å². The molecule has 0 aliphatic carbocycles. The van der Waals surface area contributed by atoms with Gasteiger partial charge in [-0.3, -0.25) is 4.68 Å². The van der Waals surface area contributed by atoms with Crippen LogP contribution in [0, 0.1) is 5.82 Å². The van der Waals surface area contributed by atoms with Crippen LogP contribution in [-0.4, -0.2) is 39.0 Å². The molecular weight excluding hydrogens is 283 g/mol. The minimum absolute atomic E-state index is 0.188. The molecule has 0 aliphatic heterocycles. The largest absolute Gasteiger partial charge is 0.493 e. The van der Waals surface area contributed by atoms with Gasteiger partial charge in [-0.25, -0.2) is 14.0 Å². The number of rotatable bonds is 4. The third-order valence-corrected chi connectivity index (χ3v) is 2.87. The van der Waals surface area contributed by atoms with Gasteiger partial charge in [0.05, 0.1) is 12.8 Å². The van der Waals surface area contributed by atoms with Crippen molar-refractivity contribution in [1.82, 2.24) is 9.78 Å². The van der Waals surface area contributed by atoms with Gasteiger partial charge in [-0.15, -0.1) is 0 Å². The molecule has 0 spiro atoms. The van der Waals surface area contributed by atoms with E-state index in [-0.39, 0.29) is 28.3 Å². The molecule has 0 atom stereocenters. The summed E-state index contributed by atoms with van der Waals surface area (Å²) < 4.78 is 19.9. The number of hydrogen-bond acceptors (Lipinski definition) is 4. The van der Waals surface area contributed by atoms with Crippen molar-refractivity contribution in [2.24, 2.45) is 7.05 Å². The van der Waals surface area contributed by atoms with E-state index in [1.807, 2.05) is 0 Å². The molecule has 1 heterocycles. The maximum absolute atomic E-state index is 13.9. The number of aryl methyl sites for hydroxylation is 1. The van der Waals surface area contributed by atoms with Gasteiger partial charge in [0.2, 0.25) is 0 Å². The summed E-state index contributed by atoms with van der Waals surface area (Å²) in [5.74, 6) is -3.82. The molecule has 2 N–H and O–H groups in total. The molecule has 2 rings (SSSR count). The highest BCUT2D eigenvalue weighted by molar-refractivity contribution is 5.93. The summed E-state index contributed by atoms with van der Waals surface area (Å²) >= 11 is 0. The SMILES string of the molecule is COc1c(F)cc(-c2cc(C(=O)O)nn2C)cc1C(=O)O. The number of ether oxygens (including phenoxy) is 1. The molecule has 0 saturated carbocycles. The second kappa shape index (κ2) is 5.23. The summed E-state index contributed by atoms with van der Waals surface area (Å²) in [6.07, 6.45) is 0. The fraction of sp³-hybridized carbons (Fsp3) is 0.154. The Balaban J connectivity index is 2.65. The van der Waals surface area contributed by atoms with E-state index in [0.717, 1.165) is 13.2 Å². The maximum atomic E-state index is 13.9. The highest BCUT2D eigenvalue weighted by Gasteiger charge is 2.20.